The van der Waals surface area contributed by atoms with Gasteiger partial charge in [0.05, 0.1) is 10.6 Å². The number of hydrogen-bond acceptors (Lipinski definition) is 4. The van der Waals surface area contributed by atoms with E-state index in [0.29, 0.717) is 23.0 Å². The molecule has 8 heteroatoms. The van der Waals surface area contributed by atoms with Crippen LogP contribution in [0.4, 0.5) is 11.4 Å². The van der Waals surface area contributed by atoms with Crippen LogP contribution in [0.2, 0.25) is 5.02 Å². The third-order valence-electron chi connectivity index (χ3n) is 5.31. The Labute approximate surface area is 192 Å². The van der Waals surface area contributed by atoms with E-state index < -0.39 is 10.0 Å². The summed E-state index contributed by atoms with van der Waals surface area (Å²) in [7, 11) is -3.68. The van der Waals surface area contributed by atoms with E-state index in [9.17, 15) is 13.2 Å². The van der Waals surface area contributed by atoms with Gasteiger partial charge in [0.1, 0.15) is 5.75 Å². The van der Waals surface area contributed by atoms with Crippen molar-refractivity contribution in [3.8, 4) is 5.75 Å². The highest BCUT2D eigenvalue weighted by Crippen LogP contribution is 2.32. The molecule has 3 aromatic rings. The lowest BCUT2D eigenvalue weighted by atomic mass is 10.0. The predicted molar refractivity (Wildman–Crippen MR) is 126 cm³/mol. The average Bonchev–Trinajstić information content (AvgIpc) is 2.79. The Bertz CT molecular complexity index is 1240. The molecular formula is C24H23ClN2O4S. The Morgan fingerprint density at radius 3 is 2.59 bits per heavy atom. The Balaban J connectivity index is 1.41. The second-order valence-electron chi connectivity index (χ2n) is 7.58. The van der Waals surface area contributed by atoms with Gasteiger partial charge in [-0.3, -0.25) is 9.10 Å². The van der Waals surface area contributed by atoms with E-state index in [2.05, 4.69) is 5.32 Å². The molecule has 1 amide bonds. The Morgan fingerprint density at radius 2 is 1.84 bits per heavy atom. The van der Waals surface area contributed by atoms with Crippen molar-refractivity contribution in [1.82, 2.24) is 0 Å². The normalized spacial score (nSPS) is 13.4. The summed E-state index contributed by atoms with van der Waals surface area (Å²) in [5, 5.41) is 3.37. The van der Waals surface area contributed by atoms with Gasteiger partial charge in [-0.25, -0.2) is 8.42 Å². The summed E-state index contributed by atoms with van der Waals surface area (Å²) in [5.41, 5.74) is 3.27. The van der Waals surface area contributed by atoms with E-state index in [1.807, 2.05) is 31.2 Å². The van der Waals surface area contributed by atoms with Crippen LogP contribution in [-0.4, -0.2) is 27.5 Å². The first-order valence-corrected chi connectivity index (χ1v) is 12.1. The standard InChI is InChI=1S/C24H23ClN2O4S/c1-17-15-19(25)8-13-22(17)26-24(28)16-31-20-9-11-21(12-10-20)32(29,30)27-14-4-6-18-5-2-3-7-23(18)27/h2-3,5,7-13,15H,4,6,14,16H2,1H3,(H,26,28). The number of amides is 1. The Hall–Kier alpha value is -3.03. The summed E-state index contributed by atoms with van der Waals surface area (Å²) in [6.07, 6.45) is 1.65. The minimum Gasteiger partial charge on any atom is -0.484 e. The van der Waals surface area contributed by atoms with Gasteiger partial charge in [-0.2, -0.15) is 0 Å². The molecule has 0 bridgehead atoms. The van der Waals surface area contributed by atoms with Crippen molar-refractivity contribution in [3.63, 3.8) is 0 Å². The molecule has 0 unspecified atom stereocenters. The number of nitrogens with one attached hydrogen (secondary N) is 1. The number of benzene rings is 3. The van der Waals surface area contributed by atoms with Crippen molar-refractivity contribution in [2.24, 2.45) is 0 Å². The molecule has 0 saturated heterocycles. The van der Waals surface area contributed by atoms with E-state index in [4.69, 9.17) is 16.3 Å². The number of carbonyl (C=O) groups excluding carboxylic acids is 1. The van der Waals surface area contributed by atoms with E-state index in [0.717, 1.165) is 29.7 Å². The van der Waals surface area contributed by atoms with Gasteiger partial charge in [-0.1, -0.05) is 29.8 Å². The summed E-state index contributed by atoms with van der Waals surface area (Å²) >= 11 is 5.93. The highest BCUT2D eigenvalue weighted by atomic mass is 35.5. The molecule has 1 aliphatic rings. The van der Waals surface area contributed by atoms with Crippen molar-refractivity contribution < 1.29 is 17.9 Å². The highest BCUT2D eigenvalue weighted by molar-refractivity contribution is 7.92. The van der Waals surface area contributed by atoms with Gasteiger partial charge in [0.25, 0.3) is 15.9 Å². The van der Waals surface area contributed by atoms with E-state index in [1.165, 1.54) is 16.4 Å². The SMILES string of the molecule is Cc1cc(Cl)ccc1NC(=O)COc1ccc(S(=O)(=O)N2CCCc3ccccc32)cc1. The Morgan fingerprint density at radius 1 is 1.09 bits per heavy atom. The monoisotopic (exact) mass is 470 g/mol. The first-order valence-electron chi connectivity index (χ1n) is 10.2. The van der Waals surface area contributed by atoms with Crippen LogP contribution in [0.3, 0.4) is 0 Å². The molecule has 32 heavy (non-hydrogen) atoms. The number of rotatable bonds is 6. The lowest BCUT2D eigenvalue weighted by molar-refractivity contribution is -0.118. The van der Waals surface area contributed by atoms with Gasteiger partial charge < -0.3 is 10.1 Å². The molecule has 6 nitrogen and oxygen atoms in total. The molecule has 1 N–H and O–H groups in total. The van der Waals surface area contributed by atoms with Crippen molar-refractivity contribution in [2.45, 2.75) is 24.7 Å². The number of para-hydroxylation sites is 1. The summed E-state index contributed by atoms with van der Waals surface area (Å²) < 4.78 is 33.4. The quantitative estimate of drug-likeness (QED) is 0.561. The number of fused-ring (bicyclic) bond motifs is 1. The largest absolute Gasteiger partial charge is 0.484 e. The molecule has 3 aromatic carbocycles. The molecule has 1 aliphatic heterocycles. The van der Waals surface area contributed by atoms with Crippen LogP contribution in [0.15, 0.2) is 71.6 Å². The molecule has 0 fully saturated rings. The van der Waals surface area contributed by atoms with Crippen LogP contribution in [0.25, 0.3) is 0 Å². The fourth-order valence-corrected chi connectivity index (χ4v) is 5.45. The van der Waals surface area contributed by atoms with Crippen LogP contribution in [0, 0.1) is 6.92 Å². The minimum atomic E-state index is -3.68. The molecule has 0 radical (unpaired) electrons. The number of sulfonamides is 1. The maximum Gasteiger partial charge on any atom is 0.264 e. The number of halogens is 1. The third kappa shape index (κ3) is 4.74. The van der Waals surface area contributed by atoms with Gasteiger partial charge in [0.2, 0.25) is 0 Å². The molecule has 0 aliphatic carbocycles. The number of nitrogens with zero attached hydrogens (tertiary/aromatic N) is 1. The molecule has 0 aromatic heterocycles. The molecule has 0 spiro atoms. The van der Waals surface area contributed by atoms with Crippen molar-refractivity contribution in [3.05, 3.63) is 82.9 Å². The molecule has 1 heterocycles. The average molecular weight is 471 g/mol. The second-order valence-corrected chi connectivity index (χ2v) is 9.88. The van der Waals surface area contributed by atoms with Crippen LogP contribution >= 0.6 is 11.6 Å². The lowest BCUT2D eigenvalue weighted by Gasteiger charge is -2.30. The summed E-state index contributed by atoms with van der Waals surface area (Å²) in [4.78, 5) is 12.4. The minimum absolute atomic E-state index is 0.183. The van der Waals surface area contributed by atoms with E-state index in [1.54, 1.807) is 30.3 Å². The number of anilines is 2. The van der Waals surface area contributed by atoms with Crippen LogP contribution in [0.1, 0.15) is 17.5 Å². The summed E-state index contributed by atoms with van der Waals surface area (Å²) in [5.74, 6) is 0.0861. The van der Waals surface area contributed by atoms with E-state index in [-0.39, 0.29) is 17.4 Å². The number of carbonyl (C=O) groups is 1. The first-order chi connectivity index (χ1) is 15.3. The van der Waals surface area contributed by atoms with Gasteiger partial charge in [-0.05, 0) is 79.4 Å². The maximum atomic E-state index is 13.2. The first kappa shape index (κ1) is 22.2. The topological polar surface area (TPSA) is 75.7 Å². The maximum absolute atomic E-state index is 13.2. The molecular weight excluding hydrogens is 448 g/mol. The lowest BCUT2D eigenvalue weighted by Crippen LogP contribution is -2.35. The highest BCUT2D eigenvalue weighted by Gasteiger charge is 2.28. The van der Waals surface area contributed by atoms with Gasteiger partial charge in [-0.15, -0.1) is 0 Å². The molecule has 4 rings (SSSR count). The van der Waals surface area contributed by atoms with Gasteiger partial charge in [0.15, 0.2) is 6.61 Å². The number of ether oxygens (including phenoxy) is 1. The van der Waals surface area contributed by atoms with Crippen LogP contribution in [0.5, 0.6) is 5.75 Å². The van der Waals surface area contributed by atoms with Crippen LogP contribution in [-0.2, 0) is 21.2 Å². The zero-order valence-electron chi connectivity index (χ0n) is 17.5. The van der Waals surface area contributed by atoms with E-state index >= 15 is 0 Å². The Kier molecular flexibility index (Phi) is 6.39. The van der Waals surface area contributed by atoms with Crippen molar-refractivity contribution in [2.75, 3.05) is 22.8 Å². The summed E-state index contributed by atoms with van der Waals surface area (Å²) in [6.45, 7) is 2.10. The fourth-order valence-electron chi connectivity index (χ4n) is 3.69. The van der Waals surface area contributed by atoms with Gasteiger partial charge >= 0.3 is 0 Å². The third-order valence-corrected chi connectivity index (χ3v) is 7.37. The second kappa shape index (κ2) is 9.22. The predicted octanol–water partition coefficient (Wildman–Crippen LogP) is 4.81. The van der Waals surface area contributed by atoms with Gasteiger partial charge in [0, 0.05) is 17.3 Å². The smallest absolute Gasteiger partial charge is 0.264 e. The fraction of sp³-hybridized carbons (Fsp3) is 0.208. The molecule has 0 atom stereocenters. The molecule has 166 valence electrons. The van der Waals surface area contributed by atoms with Crippen LogP contribution < -0.4 is 14.4 Å². The molecule has 0 saturated carbocycles. The summed E-state index contributed by atoms with van der Waals surface area (Å²) in [6, 6.07) is 18.9. The zero-order chi connectivity index (χ0) is 22.7. The van der Waals surface area contributed by atoms with Crippen molar-refractivity contribution >= 4 is 38.9 Å². The number of aryl methyl sites for hydroxylation is 2. The van der Waals surface area contributed by atoms with Crippen molar-refractivity contribution in [1.29, 1.82) is 0 Å². The zero-order valence-corrected chi connectivity index (χ0v) is 19.1. The number of hydrogen-bond donors (Lipinski definition) is 1.